The van der Waals surface area contributed by atoms with E-state index in [4.69, 9.17) is 11.6 Å². The average Bonchev–Trinajstić information content (AvgIpc) is 2.42. The van der Waals surface area contributed by atoms with Gasteiger partial charge in [0, 0.05) is 5.02 Å². The van der Waals surface area contributed by atoms with E-state index in [1.54, 1.807) is 6.07 Å². The maximum absolute atomic E-state index is 12.0. The molecule has 104 valence electrons. The Labute approximate surface area is 124 Å². The minimum Gasteiger partial charge on any atom is -0.349 e. The van der Waals surface area contributed by atoms with Crippen LogP contribution in [0.3, 0.4) is 0 Å². The summed E-state index contributed by atoms with van der Waals surface area (Å²) >= 11 is 6.06. The van der Waals surface area contributed by atoms with Crippen molar-refractivity contribution in [2.45, 2.75) is 26.3 Å². The summed E-state index contributed by atoms with van der Waals surface area (Å²) in [5, 5.41) is 3.62. The Bertz CT molecular complexity index is 592. The van der Waals surface area contributed by atoms with Crippen molar-refractivity contribution in [3.05, 3.63) is 70.2 Å². The number of hydrogen-bond donors (Lipinski definition) is 1. The molecule has 0 saturated carbocycles. The van der Waals surface area contributed by atoms with Gasteiger partial charge in [-0.2, -0.15) is 0 Å². The summed E-state index contributed by atoms with van der Waals surface area (Å²) in [5.74, 6) is -0.0221. The first kappa shape index (κ1) is 14.6. The zero-order valence-corrected chi connectivity index (χ0v) is 12.4. The minimum absolute atomic E-state index is 0.00872. The van der Waals surface area contributed by atoms with Crippen LogP contribution in [0.2, 0.25) is 5.02 Å². The van der Waals surface area contributed by atoms with Crippen LogP contribution < -0.4 is 5.32 Å². The summed E-state index contributed by atoms with van der Waals surface area (Å²) in [7, 11) is 0. The smallest absolute Gasteiger partial charge is 0.224 e. The van der Waals surface area contributed by atoms with Crippen LogP contribution in [0.15, 0.2) is 48.5 Å². The fraction of sp³-hybridized carbons (Fsp3) is 0.235. The first-order chi connectivity index (χ1) is 9.56. The van der Waals surface area contributed by atoms with Gasteiger partial charge in [-0.25, -0.2) is 0 Å². The van der Waals surface area contributed by atoms with Crippen LogP contribution in [0, 0.1) is 6.92 Å². The van der Waals surface area contributed by atoms with E-state index in [0.29, 0.717) is 11.4 Å². The van der Waals surface area contributed by atoms with E-state index < -0.39 is 0 Å². The molecule has 20 heavy (non-hydrogen) atoms. The second-order valence-electron chi connectivity index (χ2n) is 4.97. The highest BCUT2D eigenvalue weighted by molar-refractivity contribution is 6.31. The van der Waals surface area contributed by atoms with Crippen LogP contribution in [-0.4, -0.2) is 5.91 Å². The Kier molecular flexibility index (Phi) is 4.80. The molecule has 2 rings (SSSR count). The lowest BCUT2D eigenvalue weighted by Crippen LogP contribution is -2.28. The molecule has 2 aromatic rings. The van der Waals surface area contributed by atoms with Crippen LogP contribution in [-0.2, 0) is 11.2 Å². The quantitative estimate of drug-likeness (QED) is 0.902. The lowest BCUT2D eigenvalue weighted by Gasteiger charge is -2.15. The molecule has 0 bridgehead atoms. The summed E-state index contributed by atoms with van der Waals surface area (Å²) in [6, 6.07) is 15.6. The molecule has 0 aromatic heterocycles. The van der Waals surface area contributed by atoms with Crippen LogP contribution in [0.1, 0.15) is 29.7 Å². The number of carbonyl (C=O) groups excluding carboxylic acids is 1. The Morgan fingerprint density at radius 2 is 1.80 bits per heavy atom. The lowest BCUT2D eigenvalue weighted by molar-refractivity contribution is -0.121. The molecule has 2 nitrogen and oxygen atoms in total. The van der Waals surface area contributed by atoms with E-state index in [9.17, 15) is 4.79 Å². The van der Waals surface area contributed by atoms with Gasteiger partial charge < -0.3 is 5.32 Å². The molecule has 0 heterocycles. The highest BCUT2D eigenvalue weighted by Crippen LogP contribution is 2.17. The molecule has 3 heteroatoms. The van der Waals surface area contributed by atoms with Crippen molar-refractivity contribution in [1.29, 1.82) is 0 Å². The van der Waals surface area contributed by atoms with E-state index in [2.05, 4.69) is 5.32 Å². The van der Waals surface area contributed by atoms with E-state index in [-0.39, 0.29) is 11.9 Å². The van der Waals surface area contributed by atoms with Crippen molar-refractivity contribution in [3.8, 4) is 0 Å². The summed E-state index contributed by atoms with van der Waals surface area (Å²) in [5.41, 5.74) is 3.16. The Hall–Kier alpha value is -1.80. The van der Waals surface area contributed by atoms with Crippen molar-refractivity contribution in [3.63, 3.8) is 0 Å². The van der Waals surface area contributed by atoms with E-state index in [0.717, 1.165) is 11.1 Å². The molecule has 1 N–H and O–H groups in total. The number of aryl methyl sites for hydroxylation is 1. The van der Waals surface area contributed by atoms with E-state index >= 15 is 0 Å². The molecule has 0 saturated heterocycles. The maximum Gasteiger partial charge on any atom is 0.224 e. The molecule has 1 amide bonds. The Balaban J connectivity index is 1.98. The second-order valence-corrected chi connectivity index (χ2v) is 5.38. The monoisotopic (exact) mass is 287 g/mol. The van der Waals surface area contributed by atoms with Gasteiger partial charge in [-0.05, 0) is 31.0 Å². The molecule has 0 aliphatic heterocycles. The zero-order valence-electron chi connectivity index (χ0n) is 11.7. The van der Waals surface area contributed by atoms with Gasteiger partial charge in [0.1, 0.15) is 0 Å². The number of nitrogens with one attached hydrogen (secondary N) is 1. The fourth-order valence-electron chi connectivity index (χ4n) is 2.05. The molecule has 0 radical (unpaired) electrons. The molecule has 0 fully saturated rings. The van der Waals surface area contributed by atoms with Crippen LogP contribution in [0.4, 0.5) is 0 Å². The molecule has 2 aromatic carbocycles. The zero-order chi connectivity index (χ0) is 14.5. The molecule has 0 spiro atoms. The average molecular weight is 288 g/mol. The second kappa shape index (κ2) is 6.58. The van der Waals surface area contributed by atoms with Crippen LogP contribution in [0.25, 0.3) is 0 Å². The SMILES string of the molecule is Cc1ccc([C@@H](C)NC(=O)Cc2ccccc2Cl)cc1. The summed E-state index contributed by atoms with van der Waals surface area (Å²) in [6.45, 7) is 4.03. The van der Waals surface area contributed by atoms with Crippen molar-refractivity contribution >= 4 is 17.5 Å². The van der Waals surface area contributed by atoms with Gasteiger partial charge >= 0.3 is 0 Å². The largest absolute Gasteiger partial charge is 0.349 e. The van der Waals surface area contributed by atoms with Gasteiger partial charge in [0.05, 0.1) is 12.5 Å². The third kappa shape index (κ3) is 3.84. The van der Waals surface area contributed by atoms with Crippen molar-refractivity contribution < 1.29 is 4.79 Å². The first-order valence-electron chi connectivity index (χ1n) is 6.65. The predicted molar refractivity (Wildman–Crippen MR) is 82.9 cm³/mol. The Morgan fingerprint density at radius 1 is 1.15 bits per heavy atom. The third-order valence-corrected chi connectivity index (χ3v) is 3.63. The van der Waals surface area contributed by atoms with Gasteiger partial charge in [-0.15, -0.1) is 0 Å². The molecule has 1 atom stereocenters. The number of halogens is 1. The van der Waals surface area contributed by atoms with Crippen molar-refractivity contribution in [2.75, 3.05) is 0 Å². The Morgan fingerprint density at radius 3 is 2.45 bits per heavy atom. The minimum atomic E-state index is -0.0221. The van der Waals surface area contributed by atoms with Gasteiger partial charge in [-0.3, -0.25) is 4.79 Å². The van der Waals surface area contributed by atoms with Gasteiger partial charge in [0.15, 0.2) is 0 Å². The molecule has 0 aliphatic rings. The molecular formula is C17H18ClNO. The van der Waals surface area contributed by atoms with E-state index in [1.807, 2.05) is 56.3 Å². The van der Waals surface area contributed by atoms with Crippen LogP contribution in [0.5, 0.6) is 0 Å². The van der Waals surface area contributed by atoms with Gasteiger partial charge in [0.25, 0.3) is 0 Å². The van der Waals surface area contributed by atoms with Crippen molar-refractivity contribution in [1.82, 2.24) is 5.32 Å². The highest BCUT2D eigenvalue weighted by atomic mass is 35.5. The topological polar surface area (TPSA) is 29.1 Å². The lowest BCUT2D eigenvalue weighted by atomic mass is 10.1. The van der Waals surface area contributed by atoms with Crippen LogP contribution >= 0.6 is 11.6 Å². The normalized spacial score (nSPS) is 11.9. The third-order valence-electron chi connectivity index (χ3n) is 3.26. The summed E-state index contributed by atoms with van der Waals surface area (Å²) in [6.07, 6.45) is 0.301. The molecule has 0 unspecified atom stereocenters. The number of rotatable bonds is 4. The highest BCUT2D eigenvalue weighted by Gasteiger charge is 2.11. The predicted octanol–water partition coefficient (Wildman–Crippen LogP) is 4.07. The van der Waals surface area contributed by atoms with Gasteiger partial charge in [0.2, 0.25) is 5.91 Å². The van der Waals surface area contributed by atoms with Crippen molar-refractivity contribution in [2.24, 2.45) is 0 Å². The maximum atomic E-state index is 12.0. The number of carbonyl (C=O) groups is 1. The molecule has 0 aliphatic carbocycles. The summed E-state index contributed by atoms with van der Waals surface area (Å²) in [4.78, 5) is 12.0. The number of amides is 1. The summed E-state index contributed by atoms with van der Waals surface area (Å²) < 4.78 is 0. The van der Waals surface area contributed by atoms with E-state index in [1.165, 1.54) is 5.56 Å². The number of hydrogen-bond acceptors (Lipinski definition) is 1. The standard InChI is InChI=1S/C17H18ClNO/c1-12-7-9-14(10-8-12)13(2)19-17(20)11-15-5-3-4-6-16(15)18/h3-10,13H,11H2,1-2H3,(H,19,20)/t13-/m1/s1. The number of benzene rings is 2. The fourth-order valence-corrected chi connectivity index (χ4v) is 2.25. The van der Waals surface area contributed by atoms with Gasteiger partial charge in [-0.1, -0.05) is 59.6 Å². The molecular weight excluding hydrogens is 270 g/mol. The first-order valence-corrected chi connectivity index (χ1v) is 7.03.